The number of fused-ring (bicyclic) bond motifs is 2. The summed E-state index contributed by atoms with van der Waals surface area (Å²) in [5, 5.41) is 15.0. The van der Waals surface area contributed by atoms with E-state index in [-0.39, 0.29) is 48.6 Å². The molecule has 13 heteroatoms. The van der Waals surface area contributed by atoms with Crippen LogP contribution < -0.4 is 16.2 Å². The molecule has 0 saturated heterocycles. The maximum Gasteiger partial charge on any atom is 0.312 e. The molecule has 3 heterocycles. The fourth-order valence-corrected chi connectivity index (χ4v) is 5.06. The molecular weight excluding hydrogens is 500 g/mol. The van der Waals surface area contributed by atoms with E-state index in [0.717, 1.165) is 9.47 Å². The molecule has 1 saturated carbocycles. The molecule has 2 aliphatic heterocycles. The number of halogens is 3. The van der Waals surface area contributed by atoms with Crippen LogP contribution in [0.4, 0.5) is 8.78 Å². The first-order valence-electron chi connectivity index (χ1n) is 11.2. The lowest BCUT2D eigenvalue weighted by Gasteiger charge is -2.44. The molecule has 1 fully saturated rings. The van der Waals surface area contributed by atoms with Crippen molar-refractivity contribution >= 4 is 29.3 Å². The molecule has 2 bridgehead atoms. The average molecular weight is 524 g/mol. The van der Waals surface area contributed by atoms with E-state index in [2.05, 4.69) is 15.6 Å². The molecule has 3 amide bonds. The van der Waals surface area contributed by atoms with Crippen molar-refractivity contribution in [2.24, 2.45) is 0 Å². The normalized spacial score (nSPS) is 22.4. The minimum atomic E-state index is -1.79. The number of nitrogens with zero attached hydrogens (tertiary/aromatic N) is 3. The molecule has 3 N–H and O–H groups in total. The van der Waals surface area contributed by atoms with Gasteiger partial charge in [-0.15, -0.1) is 0 Å². The van der Waals surface area contributed by atoms with Crippen molar-refractivity contribution in [1.29, 1.82) is 0 Å². The van der Waals surface area contributed by atoms with Gasteiger partial charge in [0.25, 0.3) is 11.5 Å². The van der Waals surface area contributed by atoms with Gasteiger partial charge in [-0.25, -0.2) is 13.8 Å². The Bertz CT molecular complexity index is 1320. The van der Waals surface area contributed by atoms with E-state index in [1.54, 1.807) is 0 Å². The SMILES string of the molecule is CNC(=O)C(=O)N(C)C12CCC(F)(CC1)Cn1c2nc(C(=O)NCc2cccc(Cl)c2F)c(O)c1=O. The van der Waals surface area contributed by atoms with Crippen molar-refractivity contribution in [2.75, 3.05) is 14.1 Å². The number of nitrogens with one attached hydrogen (secondary N) is 2. The summed E-state index contributed by atoms with van der Waals surface area (Å²) >= 11 is 5.76. The van der Waals surface area contributed by atoms with Crippen molar-refractivity contribution in [1.82, 2.24) is 25.1 Å². The molecule has 10 nitrogen and oxygen atoms in total. The standard InChI is InChI=1S/C23H24ClF2N5O5/c1-27-18(34)20(36)30(2)23-8-6-22(26,7-9-23)11-31-19(35)16(32)15(29-21(23)31)17(33)28-10-12-4-3-5-13(24)14(12)25/h3-5,32H,6-11H2,1-2H3,(H,27,34)(H,28,33). The third-order valence-corrected chi connectivity index (χ3v) is 7.32. The maximum absolute atomic E-state index is 15.5. The van der Waals surface area contributed by atoms with Gasteiger partial charge in [-0.05, 0) is 31.7 Å². The van der Waals surface area contributed by atoms with Crippen LogP contribution in [0, 0.1) is 5.82 Å². The smallest absolute Gasteiger partial charge is 0.312 e. The second kappa shape index (κ2) is 9.16. The van der Waals surface area contributed by atoms with Gasteiger partial charge < -0.3 is 20.6 Å². The number of aromatic nitrogens is 2. The number of carbonyl (C=O) groups excluding carboxylic acids is 3. The monoisotopic (exact) mass is 523 g/mol. The van der Waals surface area contributed by atoms with Crippen LogP contribution in [0.15, 0.2) is 23.0 Å². The lowest BCUT2D eigenvalue weighted by molar-refractivity contribution is -0.150. The highest BCUT2D eigenvalue weighted by atomic mass is 35.5. The minimum absolute atomic E-state index is 0.0303. The van der Waals surface area contributed by atoms with E-state index in [4.69, 9.17) is 11.6 Å². The van der Waals surface area contributed by atoms with Crippen LogP contribution in [-0.4, -0.2) is 57.0 Å². The molecule has 5 rings (SSSR count). The first-order chi connectivity index (χ1) is 16.9. The van der Waals surface area contributed by atoms with Gasteiger partial charge in [0.1, 0.15) is 22.8 Å². The molecule has 192 valence electrons. The van der Waals surface area contributed by atoms with Crippen molar-refractivity contribution < 1.29 is 28.3 Å². The third-order valence-electron chi connectivity index (χ3n) is 7.03. The van der Waals surface area contributed by atoms with Crippen LogP contribution in [0.1, 0.15) is 47.6 Å². The Morgan fingerprint density at radius 3 is 2.56 bits per heavy atom. The van der Waals surface area contributed by atoms with Crippen LogP contribution in [0.5, 0.6) is 5.75 Å². The first kappa shape index (κ1) is 25.5. The molecule has 1 aromatic heterocycles. The Morgan fingerprint density at radius 1 is 1.25 bits per heavy atom. The van der Waals surface area contributed by atoms with E-state index in [0.29, 0.717) is 0 Å². The van der Waals surface area contributed by atoms with Crippen LogP contribution in [0.3, 0.4) is 0 Å². The first-order valence-corrected chi connectivity index (χ1v) is 11.6. The predicted octanol–water partition coefficient (Wildman–Crippen LogP) is 1.37. The zero-order valence-electron chi connectivity index (χ0n) is 19.5. The number of aromatic hydroxyl groups is 1. The summed E-state index contributed by atoms with van der Waals surface area (Å²) in [4.78, 5) is 56.3. The number of rotatable bonds is 4. The minimum Gasteiger partial charge on any atom is -0.501 e. The van der Waals surface area contributed by atoms with Crippen molar-refractivity contribution in [3.8, 4) is 5.75 Å². The van der Waals surface area contributed by atoms with Crippen molar-refractivity contribution in [2.45, 2.75) is 50.0 Å². The van der Waals surface area contributed by atoms with E-state index in [1.165, 1.54) is 32.3 Å². The Kier molecular flexibility index (Phi) is 6.50. The molecule has 36 heavy (non-hydrogen) atoms. The Hall–Kier alpha value is -3.54. The van der Waals surface area contributed by atoms with Gasteiger partial charge in [0.15, 0.2) is 5.69 Å². The van der Waals surface area contributed by atoms with Crippen LogP contribution in [0.2, 0.25) is 5.02 Å². The van der Waals surface area contributed by atoms with Crippen molar-refractivity contribution in [3.63, 3.8) is 0 Å². The summed E-state index contributed by atoms with van der Waals surface area (Å²) in [6, 6.07) is 4.23. The summed E-state index contributed by atoms with van der Waals surface area (Å²) in [6.45, 7) is -0.750. The molecular formula is C23H24ClF2N5O5. The molecule has 3 aliphatic rings. The van der Waals surface area contributed by atoms with Crippen LogP contribution in [-0.2, 0) is 28.2 Å². The molecule has 0 spiro atoms. The van der Waals surface area contributed by atoms with Crippen LogP contribution >= 0.6 is 11.6 Å². The van der Waals surface area contributed by atoms with Gasteiger partial charge in [-0.3, -0.25) is 23.7 Å². The maximum atomic E-state index is 15.5. The lowest BCUT2D eigenvalue weighted by atomic mass is 9.75. The number of benzene rings is 1. The number of hydrogen-bond acceptors (Lipinski definition) is 6. The second-order valence-corrected chi connectivity index (χ2v) is 9.45. The zero-order chi connectivity index (χ0) is 26.4. The zero-order valence-corrected chi connectivity index (χ0v) is 20.3. The van der Waals surface area contributed by atoms with Gasteiger partial charge in [-0.1, -0.05) is 23.7 Å². The number of alkyl halides is 1. The van der Waals surface area contributed by atoms with Gasteiger partial charge in [-0.2, -0.15) is 0 Å². The Morgan fingerprint density at radius 2 is 1.92 bits per heavy atom. The van der Waals surface area contributed by atoms with E-state index in [9.17, 15) is 28.7 Å². The molecule has 0 radical (unpaired) electrons. The number of hydrogen-bond donors (Lipinski definition) is 3. The second-order valence-electron chi connectivity index (χ2n) is 9.05. The quantitative estimate of drug-likeness (QED) is 0.518. The predicted molar refractivity (Wildman–Crippen MR) is 124 cm³/mol. The number of carbonyl (C=O) groups is 3. The van der Waals surface area contributed by atoms with Gasteiger partial charge >= 0.3 is 11.8 Å². The molecule has 1 aliphatic carbocycles. The molecule has 0 unspecified atom stereocenters. The fourth-order valence-electron chi connectivity index (χ4n) is 4.86. The lowest BCUT2D eigenvalue weighted by Crippen LogP contribution is -2.54. The molecule has 0 atom stereocenters. The largest absolute Gasteiger partial charge is 0.501 e. The topological polar surface area (TPSA) is 134 Å². The highest BCUT2D eigenvalue weighted by Gasteiger charge is 2.54. The van der Waals surface area contributed by atoms with Gasteiger partial charge in [0.2, 0.25) is 5.75 Å². The highest BCUT2D eigenvalue weighted by Crippen LogP contribution is 2.49. The van der Waals surface area contributed by atoms with Crippen LogP contribution in [0.25, 0.3) is 0 Å². The summed E-state index contributed by atoms with van der Waals surface area (Å²) < 4.78 is 30.6. The summed E-state index contributed by atoms with van der Waals surface area (Å²) in [5.41, 5.74) is -4.83. The van der Waals surface area contributed by atoms with Gasteiger partial charge in [0, 0.05) is 26.2 Å². The Labute approximate surface area is 209 Å². The fraction of sp³-hybridized carbons (Fsp3) is 0.435. The van der Waals surface area contributed by atoms with Gasteiger partial charge in [0.05, 0.1) is 11.6 Å². The summed E-state index contributed by atoms with van der Waals surface area (Å²) in [5.74, 6) is -4.69. The van der Waals surface area contributed by atoms with E-state index < -0.39 is 58.3 Å². The summed E-state index contributed by atoms with van der Waals surface area (Å²) in [7, 11) is 2.63. The van der Waals surface area contributed by atoms with Crippen molar-refractivity contribution in [3.05, 3.63) is 56.5 Å². The third kappa shape index (κ3) is 4.08. The molecule has 2 aromatic rings. The molecule has 1 aromatic carbocycles. The van der Waals surface area contributed by atoms with E-state index >= 15 is 4.39 Å². The van der Waals surface area contributed by atoms with E-state index in [1.807, 2.05) is 0 Å². The number of likely N-dealkylation sites (N-methyl/N-ethyl adjacent to an activating group) is 2. The number of amides is 3. The average Bonchev–Trinajstić information content (AvgIpc) is 3.08. The Balaban J connectivity index is 1.78. The summed E-state index contributed by atoms with van der Waals surface area (Å²) in [6.07, 6.45) is 0.0124. The highest BCUT2D eigenvalue weighted by molar-refractivity contribution is 6.35.